The molecule has 0 amide bonds. The molecule has 2 aromatic carbocycles. The van der Waals surface area contributed by atoms with Crippen molar-refractivity contribution in [1.82, 2.24) is 9.88 Å². The molecule has 5 nitrogen and oxygen atoms in total. The molecule has 1 aliphatic carbocycles. The lowest BCUT2D eigenvalue weighted by Gasteiger charge is -2.28. The molecule has 1 aromatic heterocycles. The van der Waals surface area contributed by atoms with E-state index in [1.165, 1.54) is 34.9 Å². The zero-order chi connectivity index (χ0) is 20.5. The summed E-state index contributed by atoms with van der Waals surface area (Å²) >= 11 is 0. The Morgan fingerprint density at radius 3 is 3.03 bits per heavy atom. The zero-order valence-corrected chi connectivity index (χ0v) is 17.4. The lowest BCUT2D eigenvalue weighted by Crippen LogP contribution is -2.36. The van der Waals surface area contributed by atoms with Crippen molar-refractivity contribution in [2.75, 3.05) is 25.1 Å². The Morgan fingerprint density at radius 1 is 1.20 bits per heavy atom. The van der Waals surface area contributed by atoms with E-state index in [0.717, 1.165) is 24.4 Å². The third-order valence-electron chi connectivity index (χ3n) is 6.68. The van der Waals surface area contributed by atoms with Crippen molar-refractivity contribution in [2.45, 2.75) is 38.4 Å². The molecule has 0 spiro atoms. The number of hydrogen-bond donors (Lipinski definition) is 2. The van der Waals surface area contributed by atoms with Crippen LogP contribution in [0.5, 0.6) is 5.75 Å². The second kappa shape index (κ2) is 8.25. The second-order valence-corrected chi connectivity index (χ2v) is 8.58. The number of aryl methyl sites for hydroxylation is 1. The predicted octanol–water partition coefficient (Wildman–Crippen LogP) is 3.99. The Labute approximate surface area is 177 Å². The molecule has 1 aliphatic heterocycles. The summed E-state index contributed by atoms with van der Waals surface area (Å²) in [4.78, 5) is 6.88. The summed E-state index contributed by atoms with van der Waals surface area (Å²) in [7, 11) is 0. The topological polar surface area (TPSA) is 57.6 Å². The highest BCUT2D eigenvalue weighted by atomic mass is 16.5. The Balaban J connectivity index is 1.32. The number of pyridine rings is 1. The van der Waals surface area contributed by atoms with Crippen molar-refractivity contribution in [2.24, 2.45) is 5.92 Å². The molecule has 1 saturated heterocycles. The van der Waals surface area contributed by atoms with E-state index in [-0.39, 0.29) is 6.61 Å². The van der Waals surface area contributed by atoms with Crippen LogP contribution in [0.2, 0.25) is 0 Å². The minimum atomic E-state index is 0.0388. The lowest BCUT2D eigenvalue weighted by atomic mass is 10.0. The number of benzene rings is 2. The summed E-state index contributed by atoms with van der Waals surface area (Å²) in [5.41, 5.74) is 3.60. The van der Waals surface area contributed by atoms with Crippen LogP contribution in [0.4, 0.5) is 5.69 Å². The molecular formula is C25H29N3O2. The third kappa shape index (κ3) is 3.64. The maximum atomic E-state index is 9.06. The van der Waals surface area contributed by atoms with Gasteiger partial charge in [0, 0.05) is 54.0 Å². The van der Waals surface area contributed by atoms with Gasteiger partial charge in [0.25, 0.3) is 0 Å². The highest BCUT2D eigenvalue weighted by Crippen LogP contribution is 2.41. The molecular weight excluding hydrogens is 374 g/mol. The van der Waals surface area contributed by atoms with Gasteiger partial charge in [0.2, 0.25) is 0 Å². The van der Waals surface area contributed by atoms with Gasteiger partial charge in [0.05, 0.1) is 6.61 Å². The molecule has 2 N–H and O–H groups in total. The van der Waals surface area contributed by atoms with E-state index in [0.29, 0.717) is 24.6 Å². The number of aliphatic hydroxyl groups excluding tert-OH is 1. The number of piperidine rings is 1. The van der Waals surface area contributed by atoms with Gasteiger partial charge in [0.1, 0.15) is 12.4 Å². The average Bonchev–Trinajstić information content (AvgIpc) is 3.30. The Morgan fingerprint density at radius 2 is 2.13 bits per heavy atom. The van der Waals surface area contributed by atoms with E-state index in [4.69, 9.17) is 9.84 Å². The van der Waals surface area contributed by atoms with Crippen molar-refractivity contribution in [3.05, 3.63) is 66.0 Å². The van der Waals surface area contributed by atoms with E-state index in [1.807, 2.05) is 19.3 Å². The van der Waals surface area contributed by atoms with E-state index in [2.05, 4.69) is 57.7 Å². The number of rotatable bonds is 7. The van der Waals surface area contributed by atoms with Crippen LogP contribution in [0, 0.1) is 12.8 Å². The van der Waals surface area contributed by atoms with Crippen molar-refractivity contribution < 1.29 is 9.84 Å². The zero-order valence-electron chi connectivity index (χ0n) is 17.4. The quantitative estimate of drug-likeness (QED) is 0.625. The lowest BCUT2D eigenvalue weighted by molar-refractivity contribution is 0.197. The molecule has 5 rings (SSSR count). The summed E-state index contributed by atoms with van der Waals surface area (Å²) in [5.74, 6) is 1.56. The van der Waals surface area contributed by atoms with Crippen LogP contribution in [0.1, 0.15) is 24.0 Å². The molecule has 2 bridgehead atoms. The van der Waals surface area contributed by atoms with Crippen molar-refractivity contribution in [1.29, 1.82) is 0 Å². The summed E-state index contributed by atoms with van der Waals surface area (Å²) in [6, 6.07) is 16.0. The first-order chi connectivity index (χ1) is 14.7. The number of anilines is 1. The minimum Gasteiger partial charge on any atom is -0.491 e. The van der Waals surface area contributed by atoms with Crippen LogP contribution >= 0.6 is 0 Å². The number of nitrogens with one attached hydrogen (secondary N) is 1. The first-order valence-corrected chi connectivity index (χ1v) is 10.9. The SMILES string of the molecule is Cc1ccc(CN2CC3CCC2C3Nc2cccc3cnccc23)cc1OCCO. The first kappa shape index (κ1) is 19.3. The van der Waals surface area contributed by atoms with Crippen molar-refractivity contribution in [3.8, 4) is 5.75 Å². The summed E-state index contributed by atoms with van der Waals surface area (Å²) in [6.07, 6.45) is 6.35. The number of hydrogen-bond acceptors (Lipinski definition) is 5. The maximum absolute atomic E-state index is 9.06. The van der Waals surface area contributed by atoms with Gasteiger partial charge in [-0.3, -0.25) is 9.88 Å². The highest BCUT2D eigenvalue weighted by Gasteiger charge is 2.46. The fourth-order valence-corrected chi connectivity index (χ4v) is 5.22. The standard InChI is InChI=1S/C25H29N3O2/c1-17-5-6-18(13-24(17)30-12-11-29)15-28-16-20-7-8-23(28)25(20)27-22-4-2-3-19-14-26-10-9-21(19)22/h2-6,9-10,13-14,20,23,25,27,29H,7-8,11-12,15-16H2,1H3. The number of aliphatic hydroxyl groups is 1. The van der Waals surface area contributed by atoms with Crippen molar-refractivity contribution in [3.63, 3.8) is 0 Å². The predicted molar refractivity (Wildman–Crippen MR) is 120 cm³/mol. The number of aromatic nitrogens is 1. The maximum Gasteiger partial charge on any atom is 0.122 e. The van der Waals surface area contributed by atoms with Gasteiger partial charge < -0.3 is 15.2 Å². The minimum absolute atomic E-state index is 0.0388. The molecule has 3 aromatic rings. The highest BCUT2D eigenvalue weighted by molar-refractivity contribution is 5.93. The van der Waals surface area contributed by atoms with Crippen LogP contribution in [0.15, 0.2) is 54.9 Å². The van der Waals surface area contributed by atoms with Gasteiger partial charge in [-0.2, -0.15) is 0 Å². The summed E-state index contributed by atoms with van der Waals surface area (Å²) in [5, 5.41) is 15.4. The van der Waals surface area contributed by atoms with Crippen LogP contribution in [-0.2, 0) is 6.54 Å². The summed E-state index contributed by atoms with van der Waals surface area (Å²) < 4.78 is 5.71. The molecule has 2 heterocycles. The Kier molecular flexibility index (Phi) is 5.32. The fourth-order valence-electron chi connectivity index (χ4n) is 5.22. The van der Waals surface area contributed by atoms with Crippen LogP contribution in [-0.4, -0.2) is 46.8 Å². The van der Waals surface area contributed by atoms with E-state index in [9.17, 15) is 0 Å². The molecule has 0 radical (unpaired) electrons. The van der Waals surface area contributed by atoms with Gasteiger partial charge in [-0.05, 0) is 55.0 Å². The monoisotopic (exact) mass is 403 g/mol. The van der Waals surface area contributed by atoms with E-state index in [1.54, 1.807) is 0 Å². The molecule has 30 heavy (non-hydrogen) atoms. The Hall–Kier alpha value is -2.63. The van der Waals surface area contributed by atoms with Gasteiger partial charge in [-0.15, -0.1) is 0 Å². The van der Waals surface area contributed by atoms with E-state index >= 15 is 0 Å². The molecule has 5 heteroatoms. The number of fused-ring (bicyclic) bond motifs is 3. The molecule has 3 atom stereocenters. The normalized spacial score (nSPS) is 23.2. The van der Waals surface area contributed by atoms with Gasteiger partial charge >= 0.3 is 0 Å². The van der Waals surface area contributed by atoms with Gasteiger partial charge in [-0.1, -0.05) is 24.3 Å². The summed E-state index contributed by atoms with van der Waals surface area (Å²) in [6.45, 7) is 4.50. The van der Waals surface area contributed by atoms with Crippen LogP contribution < -0.4 is 10.1 Å². The van der Waals surface area contributed by atoms with Crippen LogP contribution in [0.3, 0.4) is 0 Å². The number of ether oxygens (including phenoxy) is 1. The number of nitrogens with zero attached hydrogens (tertiary/aromatic N) is 2. The van der Waals surface area contributed by atoms with Gasteiger partial charge in [-0.25, -0.2) is 0 Å². The Bertz CT molecular complexity index is 1030. The second-order valence-electron chi connectivity index (χ2n) is 8.58. The van der Waals surface area contributed by atoms with E-state index < -0.39 is 0 Å². The molecule has 1 saturated carbocycles. The largest absolute Gasteiger partial charge is 0.491 e. The number of likely N-dealkylation sites (tertiary alicyclic amines) is 1. The van der Waals surface area contributed by atoms with Crippen molar-refractivity contribution >= 4 is 16.5 Å². The van der Waals surface area contributed by atoms with Gasteiger partial charge in [0.15, 0.2) is 0 Å². The fraction of sp³-hybridized carbons (Fsp3) is 0.400. The third-order valence-corrected chi connectivity index (χ3v) is 6.68. The smallest absolute Gasteiger partial charge is 0.122 e. The average molecular weight is 404 g/mol. The first-order valence-electron chi connectivity index (χ1n) is 10.9. The molecule has 2 aliphatic rings. The molecule has 2 fully saturated rings. The molecule has 3 unspecified atom stereocenters. The molecule has 156 valence electrons. The van der Waals surface area contributed by atoms with Crippen LogP contribution in [0.25, 0.3) is 10.8 Å².